The smallest absolute Gasteiger partial charge is 0.407 e. The third-order valence-electron chi connectivity index (χ3n) is 3.17. The molecule has 0 fully saturated rings. The van der Waals surface area contributed by atoms with Crippen LogP contribution in [0.15, 0.2) is 24.3 Å². The minimum atomic E-state index is -0.470. The van der Waals surface area contributed by atoms with Crippen LogP contribution in [0, 0.1) is 0 Å². The molecule has 0 aliphatic carbocycles. The molecule has 0 heterocycles. The van der Waals surface area contributed by atoms with Crippen LogP contribution in [0.5, 0.6) is 0 Å². The van der Waals surface area contributed by atoms with E-state index in [0.717, 1.165) is 17.7 Å². The third kappa shape index (κ3) is 7.91. The molecule has 22 heavy (non-hydrogen) atoms. The fourth-order valence-corrected chi connectivity index (χ4v) is 2.13. The zero-order valence-corrected chi connectivity index (χ0v) is 14.5. The van der Waals surface area contributed by atoms with Crippen LogP contribution in [0.3, 0.4) is 0 Å². The van der Waals surface area contributed by atoms with Gasteiger partial charge in [0.1, 0.15) is 5.60 Å². The molecule has 0 spiro atoms. The van der Waals surface area contributed by atoms with Gasteiger partial charge in [0.15, 0.2) is 0 Å². The SMILES string of the molecule is CCCCC(C)Nc1cccc(CNC(=O)OC(C)(C)C)c1. The Hall–Kier alpha value is -1.71. The van der Waals surface area contributed by atoms with Crippen LogP contribution in [0.1, 0.15) is 59.4 Å². The monoisotopic (exact) mass is 306 g/mol. The van der Waals surface area contributed by atoms with Crippen molar-refractivity contribution in [2.75, 3.05) is 5.32 Å². The van der Waals surface area contributed by atoms with E-state index in [1.54, 1.807) is 0 Å². The van der Waals surface area contributed by atoms with Gasteiger partial charge < -0.3 is 15.4 Å². The fourth-order valence-electron chi connectivity index (χ4n) is 2.13. The lowest BCUT2D eigenvalue weighted by Crippen LogP contribution is -2.32. The standard InChI is InChI=1S/C18H30N2O2/c1-6-7-9-14(2)20-16-11-8-10-15(12-16)13-19-17(21)22-18(3,4)5/h8,10-12,14,20H,6-7,9,13H2,1-5H3,(H,19,21). The molecule has 1 amide bonds. The predicted molar refractivity (Wildman–Crippen MR) is 92.1 cm³/mol. The van der Waals surface area contributed by atoms with E-state index in [1.807, 2.05) is 32.9 Å². The molecule has 0 aliphatic rings. The number of nitrogens with one attached hydrogen (secondary N) is 2. The number of carbonyl (C=O) groups is 1. The highest BCUT2D eigenvalue weighted by Crippen LogP contribution is 2.14. The molecule has 1 rings (SSSR count). The van der Waals surface area contributed by atoms with Crippen LogP contribution in [0.4, 0.5) is 10.5 Å². The van der Waals surface area contributed by atoms with E-state index in [4.69, 9.17) is 4.74 Å². The van der Waals surface area contributed by atoms with Crippen molar-refractivity contribution in [1.29, 1.82) is 0 Å². The number of unbranched alkanes of at least 4 members (excludes halogenated alkanes) is 1. The summed E-state index contributed by atoms with van der Waals surface area (Å²) >= 11 is 0. The van der Waals surface area contributed by atoms with Gasteiger partial charge in [0.25, 0.3) is 0 Å². The van der Waals surface area contributed by atoms with Crippen LogP contribution >= 0.6 is 0 Å². The summed E-state index contributed by atoms with van der Waals surface area (Å²) in [6.45, 7) is 10.4. The van der Waals surface area contributed by atoms with Gasteiger partial charge in [-0.25, -0.2) is 4.79 Å². The number of ether oxygens (including phenoxy) is 1. The molecular formula is C18H30N2O2. The number of carbonyl (C=O) groups excluding carboxylic acids is 1. The largest absolute Gasteiger partial charge is 0.444 e. The number of alkyl carbamates (subject to hydrolysis) is 1. The average Bonchev–Trinajstić information content (AvgIpc) is 2.41. The van der Waals surface area contributed by atoms with Gasteiger partial charge in [-0.3, -0.25) is 0 Å². The molecule has 0 saturated heterocycles. The van der Waals surface area contributed by atoms with Crippen LogP contribution in [-0.2, 0) is 11.3 Å². The molecule has 1 aromatic carbocycles. The van der Waals surface area contributed by atoms with E-state index in [2.05, 4.69) is 36.6 Å². The Balaban J connectivity index is 2.48. The molecule has 1 aromatic rings. The second kappa shape index (κ2) is 8.66. The molecule has 2 N–H and O–H groups in total. The molecule has 0 aromatic heterocycles. The summed E-state index contributed by atoms with van der Waals surface area (Å²) < 4.78 is 5.23. The highest BCUT2D eigenvalue weighted by Gasteiger charge is 2.15. The molecule has 1 unspecified atom stereocenters. The first-order valence-electron chi connectivity index (χ1n) is 8.12. The number of anilines is 1. The van der Waals surface area contributed by atoms with E-state index in [9.17, 15) is 4.79 Å². The summed E-state index contributed by atoms with van der Waals surface area (Å²) in [7, 11) is 0. The van der Waals surface area contributed by atoms with Crippen LogP contribution < -0.4 is 10.6 Å². The van der Waals surface area contributed by atoms with Crippen molar-refractivity contribution in [1.82, 2.24) is 5.32 Å². The molecule has 0 aliphatic heterocycles. The Kier molecular flexibility index (Phi) is 7.22. The Morgan fingerprint density at radius 2 is 2.05 bits per heavy atom. The van der Waals surface area contributed by atoms with E-state index in [1.165, 1.54) is 12.8 Å². The topological polar surface area (TPSA) is 50.4 Å². The fraction of sp³-hybridized carbons (Fsp3) is 0.611. The van der Waals surface area contributed by atoms with Gasteiger partial charge in [0.05, 0.1) is 0 Å². The highest BCUT2D eigenvalue weighted by molar-refractivity contribution is 5.67. The average molecular weight is 306 g/mol. The second-order valence-corrected chi connectivity index (χ2v) is 6.74. The van der Waals surface area contributed by atoms with Gasteiger partial charge in [-0.1, -0.05) is 31.9 Å². The molecule has 0 radical (unpaired) electrons. The van der Waals surface area contributed by atoms with Gasteiger partial charge in [-0.2, -0.15) is 0 Å². The van der Waals surface area contributed by atoms with E-state index in [-0.39, 0.29) is 6.09 Å². The van der Waals surface area contributed by atoms with Gasteiger partial charge in [0, 0.05) is 18.3 Å². The molecule has 4 nitrogen and oxygen atoms in total. The van der Waals surface area contributed by atoms with Crippen LogP contribution in [-0.4, -0.2) is 17.7 Å². The summed E-state index contributed by atoms with van der Waals surface area (Å²) in [6.07, 6.45) is 3.22. The zero-order chi connectivity index (χ0) is 16.6. The Morgan fingerprint density at radius 1 is 1.32 bits per heavy atom. The molecule has 0 bridgehead atoms. The number of benzene rings is 1. The summed E-state index contributed by atoms with van der Waals surface area (Å²) in [5.74, 6) is 0. The second-order valence-electron chi connectivity index (χ2n) is 6.74. The van der Waals surface area contributed by atoms with Gasteiger partial charge in [0.2, 0.25) is 0 Å². The maximum absolute atomic E-state index is 11.7. The first-order chi connectivity index (χ1) is 10.3. The molecule has 4 heteroatoms. The van der Waals surface area contributed by atoms with E-state index >= 15 is 0 Å². The van der Waals surface area contributed by atoms with Crippen molar-refractivity contribution in [2.45, 2.75) is 72.1 Å². The van der Waals surface area contributed by atoms with E-state index < -0.39 is 5.60 Å². The molecule has 0 saturated carbocycles. The van der Waals surface area contributed by atoms with Crippen LogP contribution in [0.25, 0.3) is 0 Å². The normalized spacial score (nSPS) is 12.6. The Bertz CT molecular complexity index is 466. The molecular weight excluding hydrogens is 276 g/mol. The summed E-state index contributed by atoms with van der Waals surface area (Å²) in [5.41, 5.74) is 1.67. The van der Waals surface area contributed by atoms with Gasteiger partial charge in [-0.15, -0.1) is 0 Å². The van der Waals surface area contributed by atoms with Crippen molar-refractivity contribution < 1.29 is 9.53 Å². The quantitative estimate of drug-likeness (QED) is 0.767. The lowest BCUT2D eigenvalue weighted by molar-refractivity contribution is 0.0523. The maximum atomic E-state index is 11.7. The van der Waals surface area contributed by atoms with Gasteiger partial charge >= 0.3 is 6.09 Å². The highest BCUT2D eigenvalue weighted by atomic mass is 16.6. The van der Waals surface area contributed by atoms with Crippen molar-refractivity contribution in [3.05, 3.63) is 29.8 Å². The number of amides is 1. The minimum absolute atomic E-state index is 0.387. The van der Waals surface area contributed by atoms with E-state index in [0.29, 0.717) is 12.6 Å². The molecule has 1 atom stereocenters. The first-order valence-corrected chi connectivity index (χ1v) is 8.12. The number of hydrogen-bond donors (Lipinski definition) is 2. The summed E-state index contributed by atoms with van der Waals surface area (Å²) in [6, 6.07) is 8.58. The molecule has 124 valence electrons. The van der Waals surface area contributed by atoms with Crippen LogP contribution in [0.2, 0.25) is 0 Å². The maximum Gasteiger partial charge on any atom is 0.407 e. The lowest BCUT2D eigenvalue weighted by Gasteiger charge is -2.20. The summed E-state index contributed by atoms with van der Waals surface area (Å²) in [4.78, 5) is 11.7. The zero-order valence-electron chi connectivity index (χ0n) is 14.5. The van der Waals surface area contributed by atoms with Gasteiger partial charge in [-0.05, 0) is 51.8 Å². The predicted octanol–water partition coefficient (Wildman–Crippen LogP) is 4.70. The Labute approximate surface area is 134 Å². The minimum Gasteiger partial charge on any atom is -0.444 e. The summed E-state index contributed by atoms with van der Waals surface area (Å²) in [5, 5.41) is 6.28. The first kappa shape index (κ1) is 18.3. The number of hydrogen-bond acceptors (Lipinski definition) is 3. The van der Waals surface area contributed by atoms with Crippen molar-refractivity contribution in [2.24, 2.45) is 0 Å². The third-order valence-corrected chi connectivity index (χ3v) is 3.17. The van der Waals surface area contributed by atoms with Crippen molar-refractivity contribution >= 4 is 11.8 Å². The number of rotatable bonds is 7. The lowest BCUT2D eigenvalue weighted by atomic mass is 10.1. The van der Waals surface area contributed by atoms with Crippen molar-refractivity contribution in [3.63, 3.8) is 0 Å². The van der Waals surface area contributed by atoms with Crippen molar-refractivity contribution in [3.8, 4) is 0 Å². The Morgan fingerprint density at radius 3 is 2.68 bits per heavy atom.